The van der Waals surface area contributed by atoms with Crippen LogP contribution in [0.25, 0.3) is 0 Å². The highest BCUT2D eigenvalue weighted by atomic mass is 32.2. The van der Waals surface area contributed by atoms with Gasteiger partial charge in [-0.3, -0.25) is 9.10 Å². The summed E-state index contributed by atoms with van der Waals surface area (Å²) in [5.74, 6) is 1.08. The number of hydrogen-bond acceptors (Lipinski definition) is 7. The zero-order valence-electron chi connectivity index (χ0n) is 20.2. The lowest BCUT2D eigenvalue weighted by molar-refractivity contribution is -0.131. The Morgan fingerprint density at radius 3 is 2.15 bits per heavy atom. The molecular weight excluding hydrogens is 458 g/mol. The van der Waals surface area contributed by atoms with Gasteiger partial charge in [-0.15, -0.1) is 0 Å². The predicted octanol–water partition coefficient (Wildman–Crippen LogP) is 2.46. The first-order valence-electron chi connectivity index (χ1n) is 11.3. The van der Waals surface area contributed by atoms with Gasteiger partial charge in [0, 0.05) is 32.2 Å². The fourth-order valence-corrected chi connectivity index (χ4v) is 5.26. The molecule has 1 heterocycles. The van der Waals surface area contributed by atoms with Crippen LogP contribution < -0.4 is 18.5 Å². The summed E-state index contributed by atoms with van der Waals surface area (Å²) in [4.78, 5) is 17.2. The molecule has 2 aromatic carbocycles. The van der Waals surface area contributed by atoms with Crippen molar-refractivity contribution in [3.63, 3.8) is 0 Å². The van der Waals surface area contributed by atoms with E-state index in [9.17, 15) is 13.2 Å². The number of sulfonamides is 1. The van der Waals surface area contributed by atoms with E-state index in [2.05, 4.69) is 11.8 Å². The Hall–Kier alpha value is -2.98. The van der Waals surface area contributed by atoms with Gasteiger partial charge in [0.2, 0.25) is 5.91 Å². The van der Waals surface area contributed by atoms with Crippen LogP contribution in [0, 0.1) is 0 Å². The summed E-state index contributed by atoms with van der Waals surface area (Å²) in [5, 5.41) is 0. The quantitative estimate of drug-likeness (QED) is 0.504. The lowest BCUT2D eigenvalue weighted by Crippen LogP contribution is -2.51. The normalized spacial score (nSPS) is 14.5. The van der Waals surface area contributed by atoms with Gasteiger partial charge in [-0.2, -0.15) is 0 Å². The molecule has 9 nitrogen and oxygen atoms in total. The van der Waals surface area contributed by atoms with Crippen LogP contribution in [0.1, 0.15) is 13.8 Å². The van der Waals surface area contributed by atoms with Crippen molar-refractivity contribution >= 4 is 21.6 Å². The Morgan fingerprint density at radius 1 is 0.941 bits per heavy atom. The van der Waals surface area contributed by atoms with Crippen LogP contribution in [0.5, 0.6) is 17.2 Å². The van der Waals surface area contributed by atoms with Gasteiger partial charge in [0.05, 0.1) is 31.4 Å². The number of anilines is 1. The maximum atomic E-state index is 13.7. The van der Waals surface area contributed by atoms with Crippen LogP contribution in [0.4, 0.5) is 5.69 Å². The third kappa shape index (κ3) is 5.74. The fraction of sp³-hybridized carbons (Fsp3) is 0.458. The highest BCUT2D eigenvalue weighted by Gasteiger charge is 2.31. The zero-order chi connectivity index (χ0) is 24.7. The van der Waals surface area contributed by atoms with Gasteiger partial charge in [-0.1, -0.05) is 6.92 Å². The lowest BCUT2D eigenvalue weighted by atomic mass is 10.3. The molecule has 0 unspecified atom stereocenters. The summed E-state index contributed by atoms with van der Waals surface area (Å²) in [7, 11) is -1.16. The maximum absolute atomic E-state index is 13.7. The van der Waals surface area contributed by atoms with Gasteiger partial charge in [0.15, 0.2) is 11.5 Å². The average Bonchev–Trinajstić information content (AvgIpc) is 2.87. The van der Waals surface area contributed by atoms with E-state index < -0.39 is 10.0 Å². The summed E-state index contributed by atoms with van der Waals surface area (Å²) in [6.07, 6.45) is 0. The van der Waals surface area contributed by atoms with Gasteiger partial charge >= 0.3 is 0 Å². The molecule has 0 aromatic heterocycles. The smallest absolute Gasteiger partial charge is 0.264 e. The van der Waals surface area contributed by atoms with Crippen LogP contribution in [0.3, 0.4) is 0 Å². The molecule has 3 rings (SSSR count). The molecule has 10 heteroatoms. The number of piperazine rings is 1. The number of hydrogen-bond donors (Lipinski definition) is 0. The number of nitrogens with zero attached hydrogens (tertiary/aromatic N) is 3. The number of rotatable bonds is 10. The van der Waals surface area contributed by atoms with E-state index in [-0.39, 0.29) is 23.1 Å². The largest absolute Gasteiger partial charge is 0.494 e. The molecule has 1 fully saturated rings. The van der Waals surface area contributed by atoms with Gasteiger partial charge in [0.25, 0.3) is 10.0 Å². The Balaban J connectivity index is 1.95. The monoisotopic (exact) mass is 491 g/mol. The van der Waals surface area contributed by atoms with E-state index in [0.29, 0.717) is 36.9 Å². The van der Waals surface area contributed by atoms with E-state index in [1.807, 2.05) is 6.92 Å². The van der Waals surface area contributed by atoms with Crippen molar-refractivity contribution in [3.05, 3.63) is 42.5 Å². The summed E-state index contributed by atoms with van der Waals surface area (Å²) in [6, 6.07) is 11.1. The number of likely N-dealkylation sites (N-methyl/N-ethyl adjacent to an activating group) is 1. The molecule has 1 aliphatic rings. The third-order valence-corrected chi connectivity index (χ3v) is 7.60. The molecule has 0 radical (unpaired) electrons. The van der Waals surface area contributed by atoms with E-state index in [4.69, 9.17) is 14.2 Å². The minimum Gasteiger partial charge on any atom is -0.494 e. The van der Waals surface area contributed by atoms with E-state index in [1.54, 1.807) is 29.2 Å². The Kier molecular flexibility index (Phi) is 8.62. The summed E-state index contributed by atoms with van der Waals surface area (Å²) in [5.41, 5.74) is 0.374. The van der Waals surface area contributed by atoms with Crippen LogP contribution in [-0.2, 0) is 14.8 Å². The predicted molar refractivity (Wildman–Crippen MR) is 130 cm³/mol. The molecule has 0 saturated carbocycles. The molecule has 2 aromatic rings. The first-order chi connectivity index (χ1) is 16.3. The van der Waals surface area contributed by atoms with Crippen LogP contribution >= 0.6 is 0 Å². The number of carbonyl (C=O) groups excluding carboxylic acids is 1. The molecule has 0 N–H and O–H groups in total. The first-order valence-corrected chi connectivity index (χ1v) is 12.8. The van der Waals surface area contributed by atoms with Crippen molar-refractivity contribution in [2.75, 3.05) is 64.4 Å². The molecule has 1 saturated heterocycles. The van der Waals surface area contributed by atoms with Crippen molar-refractivity contribution in [2.24, 2.45) is 0 Å². The molecule has 0 aliphatic carbocycles. The zero-order valence-corrected chi connectivity index (χ0v) is 21.0. The topological polar surface area (TPSA) is 88.6 Å². The highest BCUT2D eigenvalue weighted by molar-refractivity contribution is 7.92. The molecule has 0 atom stereocenters. The number of carbonyl (C=O) groups is 1. The van der Waals surface area contributed by atoms with Crippen molar-refractivity contribution in [3.8, 4) is 17.2 Å². The second-order valence-corrected chi connectivity index (χ2v) is 9.63. The molecule has 186 valence electrons. The minimum atomic E-state index is -4.09. The third-order valence-electron chi connectivity index (χ3n) is 5.83. The van der Waals surface area contributed by atoms with Gasteiger partial charge < -0.3 is 24.0 Å². The van der Waals surface area contributed by atoms with Crippen LogP contribution in [0.2, 0.25) is 0 Å². The molecule has 0 spiro atoms. The second-order valence-electron chi connectivity index (χ2n) is 7.77. The molecule has 34 heavy (non-hydrogen) atoms. The average molecular weight is 492 g/mol. The summed E-state index contributed by atoms with van der Waals surface area (Å²) in [6.45, 7) is 7.75. The standard InChI is InChI=1S/C24H33N3O6S/c1-5-25-13-15-26(16-14-25)24(28)18-27(19-7-9-20(10-8-19)33-6-2)34(29,30)21-11-12-22(31-3)23(17-21)32-4/h7-12,17H,5-6,13-16,18H2,1-4H3. The Morgan fingerprint density at radius 2 is 1.59 bits per heavy atom. The maximum Gasteiger partial charge on any atom is 0.264 e. The molecule has 0 bridgehead atoms. The second kappa shape index (κ2) is 11.4. The van der Waals surface area contributed by atoms with Gasteiger partial charge in [-0.05, 0) is 49.9 Å². The molecule has 1 aliphatic heterocycles. The lowest BCUT2D eigenvalue weighted by Gasteiger charge is -2.35. The first kappa shape index (κ1) is 25.6. The number of methoxy groups -OCH3 is 2. The fourth-order valence-electron chi connectivity index (χ4n) is 3.83. The van der Waals surface area contributed by atoms with Crippen LogP contribution in [0.15, 0.2) is 47.4 Å². The SMILES string of the molecule is CCOc1ccc(N(CC(=O)N2CCN(CC)CC2)S(=O)(=O)c2ccc(OC)c(OC)c2)cc1. The summed E-state index contributed by atoms with van der Waals surface area (Å²) < 4.78 is 44.6. The van der Waals surface area contributed by atoms with Crippen molar-refractivity contribution in [2.45, 2.75) is 18.7 Å². The number of amides is 1. The van der Waals surface area contributed by atoms with Crippen molar-refractivity contribution in [1.82, 2.24) is 9.80 Å². The van der Waals surface area contributed by atoms with Gasteiger partial charge in [0.1, 0.15) is 12.3 Å². The van der Waals surface area contributed by atoms with Gasteiger partial charge in [-0.25, -0.2) is 8.42 Å². The van der Waals surface area contributed by atoms with Crippen molar-refractivity contribution < 1.29 is 27.4 Å². The Bertz CT molecular complexity index is 1070. The highest BCUT2D eigenvalue weighted by Crippen LogP contribution is 2.32. The molecular formula is C24H33N3O6S. The molecule has 1 amide bonds. The van der Waals surface area contributed by atoms with E-state index in [1.165, 1.54) is 32.4 Å². The Labute approximate surface area is 201 Å². The van der Waals surface area contributed by atoms with Crippen molar-refractivity contribution in [1.29, 1.82) is 0 Å². The minimum absolute atomic E-state index is 0.00244. The van der Waals surface area contributed by atoms with Crippen LogP contribution in [-0.4, -0.2) is 84.2 Å². The van der Waals surface area contributed by atoms with E-state index >= 15 is 0 Å². The summed E-state index contributed by atoms with van der Waals surface area (Å²) >= 11 is 0. The van der Waals surface area contributed by atoms with E-state index in [0.717, 1.165) is 23.9 Å². The number of benzene rings is 2. The number of ether oxygens (including phenoxy) is 3.